The summed E-state index contributed by atoms with van der Waals surface area (Å²) in [5.74, 6) is -0.133. The molecule has 1 atom stereocenters. The number of rotatable bonds is 5. The molecule has 0 radical (unpaired) electrons. The van der Waals surface area contributed by atoms with E-state index in [1.807, 2.05) is 19.3 Å². The molecule has 1 saturated heterocycles. The van der Waals surface area contributed by atoms with Gasteiger partial charge in [0.05, 0.1) is 17.5 Å². The van der Waals surface area contributed by atoms with E-state index in [9.17, 15) is 13.2 Å². The third-order valence-corrected chi connectivity index (χ3v) is 5.69. The van der Waals surface area contributed by atoms with Gasteiger partial charge in [0.2, 0.25) is 5.91 Å². The lowest BCUT2D eigenvalue weighted by Crippen LogP contribution is -2.33. The second-order valence-electron chi connectivity index (χ2n) is 6.52. The molecule has 6 nitrogen and oxygen atoms in total. The van der Waals surface area contributed by atoms with E-state index in [2.05, 4.69) is 20.9 Å². The first kappa shape index (κ1) is 17.7. The van der Waals surface area contributed by atoms with Crippen LogP contribution in [0.15, 0.2) is 47.5 Å². The zero-order chi connectivity index (χ0) is 18.0. The van der Waals surface area contributed by atoms with E-state index in [0.717, 1.165) is 25.6 Å². The average Bonchev–Trinajstić information content (AvgIpc) is 3.15. The minimum absolute atomic E-state index is 0.133. The Morgan fingerprint density at radius 3 is 2.76 bits per heavy atom. The Labute approximate surface area is 148 Å². The third-order valence-electron chi connectivity index (χ3n) is 4.58. The van der Waals surface area contributed by atoms with Gasteiger partial charge in [0.25, 0.3) is 0 Å². The van der Waals surface area contributed by atoms with Gasteiger partial charge in [-0.2, -0.15) is 0 Å². The molecule has 1 aliphatic rings. The van der Waals surface area contributed by atoms with E-state index in [0.29, 0.717) is 12.2 Å². The van der Waals surface area contributed by atoms with Crippen LogP contribution in [0.5, 0.6) is 0 Å². The number of anilines is 1. The fourth-order valence-electron chi connectivity index (χ4n) is 3.36. The van der Waals surface area contributed by atoms with Crippen molar-refractivity contribution in [3.63, 3.8) is 0 Å². The lowest BCUT2D eigenvalue weighted by molar-refractivity contribution is -0.117. The summed E-state index contributed by atoms with van der Waals surface area (Å²) in [4.78, 5) is 14.8. The Hall–Kier alpha value is -2.12. The van der Waals surface area contributed by atoms with Gasteiger partial charge in [-0.05, 0) is 49.7 Å². The van der Waals surface area contributed by atoms with Crippen molar-refractivity contribution in [2.24, 2.45) is 7.05 Å². The Kier molecular flexibility index (Phi) is 4.96. The van der Waals surface area contributed by atoms with Crippen LogP contribution in [0.1, 0.15) is 24.6 Å². The number of likely N-dealkylation sites (tertiary alicyclic amines) is 1. The van der Waals surface area contributed by atoms with Crippen molar-refractivity contribution in [2.75, 3.05) is 24.7 Å². The van der Waals surface area contributed by atoms with Crippen LogP contribution in [-0.4, -0.2) is 43.1 Å². The largest absolute Gasteiger partial charge is 0.353 e. The molecule has 0 bridgehead atoms. The lowest BCUT2D eigenvalue weighted by atomic mass is 10.1. The summed E-state index contributed by atoms with van der Waals surface area (Å²) >= 11 is 0. The highest BCUT2D eigenvalue weighted by Crippen LogP contribution is 2.31. The predicted molar refractivity (Wildman–Crippen MR) is 97.1 cm³/mol. The number of benzene rings is 1. The minimum Gasteiger partial charge on any atom is -0.353 e. The third kappa shape index (κ3) is 4.11. The summed E-state index contributed by atoms with van der Waals surface area (Å²) in [5, 5.41) is 2.81. The van der Waals surface area contributed by atoms with E-state index in [4.69, 9.17) is 0 Å². The minimum atomic E-state index is -3.29. The molecule has 2 heterocycles. The summed E-state index contributed by atoms with van der Waals surface area (Å²) in [6.45, 7) is 1.17. The highest BCUT2D eigenvalue weighted by Gasteiger charge is 2.28. The van der Waals surface area contributed by atoms with E-state index < -0.39 is 9.84 Å². The number of aromatic nitrogens is 1. The van der Waals surface area contributed by atoms with Crippen molar-refractivity contribution in [3.8, 4) is 0 Å². The number of aryl methyl sites for hydroxylation is 1. The predicted octanol–water partition coefficient (Wildman–Crippen LogP) is 2.20. The summed E-state index contributed by atoms with van der Waals surface area (Å²) in [6.07, 6.45) is 5.27. The molecule has 1 aromatic carbocycles. The number of amides is 1. The lowest BCUT2D eigenvalue weighted by Gasteiger charge is -2.24. The quantitative estimate of drug-likeness (QED) is 0.886. The van der Waals surface area contributed by atoms with E-state index in [1.165, 1.54) is 17.8 Å². The highest BCUT2D eigenvalue weighted by atomic mass is 32.2. The van der Waals surface area contributed by atoms with Gasteiger partial charge in [0, 0.05) is 30.9 Å². The second kappa shape index (κ2) is 7.01. The van der Waals surface area contributed by atoms with Crippen LogP contribution in [0.25, 0.3) is 0 Å². The maximum absolute atomic E-state index is 12.4. The van der Waals surface area contributed by atoms with Crippen molar-refractivity contribution in [2.45, 2.75) is 23.8 Å². The normalized spacial score (nSPS) is 18.4. The first-order chi connectivity index (χ1) is 11.8. The Bertz CT molecular complexity index is 873. The van der Waals surface area contributed by atoms with Gasteiger partial charge < -0.3 is 9.88 Å². The van der Waals surface area contributed by atoms with Crippen LogP contribution in [0.3, 0.4) is 0 Å². The zero-order valence-corrected chi connectivity index (χ0v) is 15.3. The molecule has 1 fully saturated rings. The number of sulfone groups is 1. The molecule has 3 rings (SSSR count). The van der Waals surface area contributed by atoms with Gasteiger partial charge >= 0.3 is 0 Å². The van der Waals surface area contributed by atoms with Crippen LogP contribution in [0.2, 0.25) is 0 Å². The molecule has 0 aliphatic carbocycles. The standard InChI is InChI=1S/C18H23N3O3S/c1-20-10-4-8-16(20)17-9-5-11-21(17)13-18(22)19-14-6-3-7-15(12-14)25(2,23)24/h3-4,6-8,10,12,17H,5,9,11,13H2,1-2H3,(H,19,22)/t17-/m0/s1. The van der Waals surface area contributed by atoms with Gasteiger partial charge in [-0.1, -0.05) is 6.07 Å². The molecule has 0 unspecified atom stereocenters. The van der Waals surface area contributed by atoms with Crippen LogP contribution in [-0.2, 0) is 21.7 Å². The van der Waals surface area contributed by atoms with E-state index in [1.54, 1.807) is 12.1 Å². The molecule has 1 aromatic heterocycles. The maximum atomic E-state index is 12.4. The summed E-state index contributed by atoms with van der Waals surface area (Å²) in [6, 6.07) is 10.7. The van der Waals surface area contributed by atoms with Crippen molar-refractivity contribution >= 4 is 21.4 Å². The molecule has 25 heavy (non-hydrogen) atoms. The van der Waals surface area contributed by atoms with Crippen LogP contribution in [0.4, 0.5) is 5.69 Å². The zero-order valence-electron chi connectivity index (χ0n) is 14.5. The molecule has 0 saturated carbocycles. The molecular weight excluding hydrogens is 338 g/mol. The second-order valence-corrected chi connectivity index (χ2v) is 8.54. The van der Waals surface area contributed by atoms with E-state index in [-0.39, 0.29) is 16.8 Å². The fourth-order valence-corrected chi connectivity index (χ4v) is 4.03. The van der Waals surface area contributed by atoms with Gasteiger partial charge in [-0.15, -0.1) is 0 Å². The van der Waals surface area contributed by atoms with Crippen LogP contribution >= 0.6 is 0 Å². The smallest absolute Gasteiger partial charge is 0.238 e. The summed E-state index contributed by atoms with van der Waals surface area (Å²) < 4.78 is 25.4. The molecule has 2 aromatic rings. The topological polar surface area (TPSA) is 71.4 Å². The molecule has 1 aliphatic heterocycles. The van der Waals surface area contributed by atoms with Gasteiger partial charge in [-0.25, -0.2) is 8.42 Å². The van der Waals surface area contributed by atoms with Crippen molar-refractivity contribution in [1.82, 2.24) is 9.47 Å². The molecule has 0 spiro atoms. The summed E-state index contributed by atoms with van der Waals surface area (Å²) in [7, 11) is -1.27. The van der Waals surface area contributed by atoms with E-state index >= 15 is 0 Å². The Morgan fingerprint density at radius 1 is 1.28 bits per heavy atom. The average molecular weight is 361 g/mol. The number of carbonyl (C=O) groups is 1. The molecule has 7 heteroatoms. The molecule has 1 amide bonds. The first-order valence-electron chi connectivity index (χ1n) is 8.30. The number of hydrogen-bond acceptors (Lipinski definition) is 4. The van der Waals surface area contributed by atoms with Crippen molar-refractivity contribution in [3.05, 3.63) is 48.3 Å². The highest BCUT2D eigenvalue weighted by molar-refractivity contribution is 7.90. The molecule has 134 valence electrons. The van der Waals surface area contributed by atoms with Crippen LogP contribution in [0, 0.1) is 0 Å². The maximum Gasteiger partial charge on any atom is 0.238 e. The number of hydrogen-bond donors (Lipinski definition) is 1. The van der Waals surface area contributed by atoms with Gasteiger partial charge in [0.1, 0.15) is 0 Å². The summed E-state index contributed by atoms with van der Waals surface area (Å²) in [5.41, 5.74) is 1.71. The first-order valence-corrected chi connectivity index (χ1v) is 10.2. The Balaban J connectivity index is 1.67. The number of nitrogens with one attached hydrogen (secondary N) is 1. The number of nitrogens with zero attached hydrogens (tertiary/aromatic N) is 2. The van der Waals surface area contributed by atoms with Gasteiger partial charge in [0.15, 0.2) is 9.84 Å². The monoisotopic (exact) mass is 361 g/mol. The fraction of sp³-hybridized carbons (Fsp3) is 0.389. The molecule has 1 N–H and O–H groups in total. The van der Waals surface area contributed by atoms with Crippen LogP contribution < -0.4 is 5.32 Å². The molecular formula is C18H23N3O3S. The van der Waals surface area contributed by atoms with Crippen molar-refractivity contribution < 1.29 is 13.2 Å². The SMILES string of the molecule is Cn1cccc1[C@@H]1CCCN1CC(=O)Nc1cccc(S(C)(=O)=O)c1. The van der Waals surface area contributed by atoms with Crippen molar-refractivity contribution in [1.29, 1.82) is 0 Å². The Morgan fingerprint density at radius 2 is 2.08 bits per heavy atom. The van der Waals surface area contributed by atoms with Gasteiger partial charge in [-0.3, -0.25) is 9.69 Å². The number of carbonyl (C=O) groups excluding carboxylic acids is 1.